The normalized spacial score (nSPS) is 14.7. The molecule has 10 nitrogen and oxygen atoms in total. The molecule has 0 aliphatic carbocycles. The number of alkyl halides is 3. The fourth-order valence-electron chi connectivity index (χ4n) is 4.56. The average molecular weight is 578 g/mol. The molecule has 1 unspecified atom stereocenters. The smallest absolute Gasteiger partial charge is 0.406 e. The van der Waals surface area contributed by atoms with E-state index in [1.54, 1.807) is 18.2 Å². The minimum absolute atomic E-state index is 0.115. The third-order valence-electron chi connectivity index (χ3n) is 6.46. The predicted molar refractivity (Wildman–Crippen MR) is 142 cm³/mol. The molecule has 3 aromatic rings. The number of hydrogen-bond acceptors (Lipinski definition) is 9. The van der Waals surface area contributed by atoms with Crippen molar-refractivity contribution in [1.29, 1.82) is 0 Å². The molecule has 2 N–H and O–H groups in total. The fourth-order valence-corrected chi connectivity index (χ4v) is 5.41. The molecular weight excluding hydrogens is 547 g/mol. The first-order valence-corrected chi connectivity index (χ1v) is 13.8. The highest BCUT2D eigenvalue weighted by molar-refractivity contribution is 7.13. The molecular formula is C26H30F3N7O3S. The van der Waals surface area contributed by atoms with Crippen LogP contribution in [0.5, 0.6) is 5.75 Å². The Morgan fingerprint density at radius 2 is 1.90 bits per heavy atom. The van der Waals surface area contributed by atoms with Gasteiger partial charge in [0.2, 0.25) is 10.9 Å². The summed E-state index contributed by atoms with van der Waals surface area (Å²) in [5, 5.41) is 17.4. The summed E-state index contributed by atoms with van der Waals surface area (Å²) in [5.74, 6) is -1.28. The molecule has 214 valence electrons. The van der Waals surface area contributed by atoms with Crippen molar-refractivity contribution in [3.05, 3.63) is 57.7 Å². The van der Waals surface area contributed by atoms with Gasteiger partial charge in [0.25, 0.3) is 5.91 Å². The van der Waals surface area contributed by atoms with Crippen LogP contribution >= 0.6 is 11.3 Å². The summed E-state index contributed by atoms with van der Waals surface area (Å²) in [6.07, 6.45) is -1.27. The number of ether oxygens (including phenoxy) is 1. The van der Waals surface area contributed by atoms with E-state index in [0.717, 1.165) is 43.7 Å². The maximum Gasteiger partial charge on any atom is 0.573 e. The summed E-state index contributed by atoms with van der Waals surface area (Å²) in [5.41, 5.74) is 6.32. The standard InChI is InChI=1S/C26H30F3N7O3S/c1-2-6-19(24-33-34-25(40-24)23(30)38)20-9-10-21(32-31-20)36(14-13-35-11-3-4-12-35)22(37)16-17-7-5-8-18(15-17)39-26(27,28)29/h5,7-10,15,19H,2-4,6,11-14,16H2,1H3,(H2,30,38). The molecule has 1 aliphatic heterocycles. The Morgan fingerprint density at radius 1 is 1.12 bits per heavy atom. The Labute approximate surface area is 233 Å². The molecule has 2 aromatic heterocycles. The lowest BCUT2D eigenvalue weighted by Crippen LogP contribution is -2.39. The van der Waals surface area contributed by atoms with Crippen molar-refractivity contribution in [2.24, 2.45) is 5.73 Å². The predicted octanol–water partition coefficient (Wildman–Crippen LogP) is 3.93. The number of carbonyl (C=O) groups is 2. The van der Waals surface area contributed by atoms with E-state index >= 15 is 0 Å². The van der Waals surface area contributed by atoms with E-state index < -0.39 is 12.3 Å². The molecule has 4 rings (SSSR count). The van der Waals surface area contributed by atoms with Gasteiger partial charge in [-0.25, -0.2) is 0 Å². The number of hydrogen-bond donors (Lipinski definition) is 1. The maximum absolute atomic E-state index is 13.4. The van der Waals surface area contributed by atoms with Gasteiger partial charge in [0.05, 0.1) is 18.0 Å². The minimum atomic E-state index is -4.83. The van der Waals surface area contributed by atoms with Gasteiger partial charge in [0, 0.05) is 13.1 Å². The van der Waals surface area contributed by atoms with Gasteiger partial charge in [-0.3, -0.25) is 14.5 Å². The van der Waals surface area contributed by atoms with Crippen LogP contribution < -0.4 is 15.4 Å². The van der Waals surface area contributed by atoms with Gasteiger partial charge in [-0.1, -0.05) is 36.8 Å². The van der Waals surface area contributed by atoms with E-state index in [0.29, 0.717) is 41.6 Å². The van der Waals surface area contributed by atoms with Gasteiger partial charge in [0.1, 0.15) is 10.8 Å². The topological polar surface area (TPSA) is 127 Å². The zero-order valence-corrected chi connectivity index (χ0v) is 22.7. The molecule has 1 atom stereocenters. The van der Waals surface area contributed by atoms with E-state index in [9.17, 15) is 22.8 Å². The summed E-state index contributed by atoms with van der Waals surface area (Å²) >= 11 is 1.11. The third kappa shape index (κ3) is 7.94. The molecule has 14 heteroatoms. The molecule has 40 heavy (non-hydrogen) atoms. The molecule has 0 spiro atoms. The Kier molecular flexibility index (Phi) is 9.63. The van der Waals surface area contributed by atoms with Gasteiger partial charge >= 0.3 is 6.36 Å². The quantitative estimate of drug-likeness (QED) is 0.343. The van der Waals surface area contributed by atoms with Crippen molar-refractivity contribution < 1.29 is 27.5 Å². The van der Waals surface area contributed by atoms with Gasteiger partial charge in [0.15, 0.2) is 5.82 Å². The Balaban J connectivity index is 1.55. The summed E-state index contributed by atoms with van der Waals surface area (Å²) in [4.78, 5) is 28.7. The van der Waals surface area contributed by atoms with Crippen molar-refractivity contribution in [3.63, 3.8) is 0 Å². The highest BCUT2D eigenvalue weighted by Gasteiger charge is 2.31. The van der Waals surface area contributed by atoms with Crippen LogP contribution in [0.4, 0.5) is 19.0 Å². The fraction of sp³-hybridized carbons (Fsp3) is 0.462. The van der Waals surface area contributed by atoms with Crippen LogP contribution in [0.15, 0.2) is 36.4 Å². The lowest BCUT2D eigenvalue weighted by atomic mass is 10.0. The van der Waals surface area contributed by atoms with E-state index in [4.69, 9.17) is 5.73 Å². The minimum Gasteiger partial charge on any atom is -0.406 e. The number of nitrogens with two attached hydrogens (primary N) is 1. The van der Waals surface area contributed by atoms with Crippen LogP contribution in [0.25, 0.3) is 0 Å². The summed E-state index contributed by atoms with van der Waals surface area (Å²) in [6.45, 7) is 4.88. The number of anilines is 1. The molecule has 1 saturated heterocycles. The average Bonchev–Trinajstić information content (AvgIpc) is 3.60. The first kappa shape index (κ1) is 29.3. The van der Waals surface area contributed by atoms with Crippen molar-refractivity contribution in [3.8, 4) is 5.75 Å². The lowest BCUT2D eigenvalue weighted by molar-refractivity contribution is -0.274. The van der Waals surface area contributed by atoms with Crippen LogP contribution in [0.3, 0.4) is 0 Å². The second-order valence-electron chi connectivity index (χ2n) is 9.43. The Bertz CT molecular complexity index is 1300. The van der Waals surface area contributed by atoms with E-state index in [1.807, 2.05) is 6.92 Å². The molecule has 1 aliphatic rings. The van der Waals surface area contributed by atoms with Gasteiger partial charge in [-0.15, -0.1) is 28.5 Å². The number of nitrogens with zero attached hydrogens (tertiary/aromatic N) is 6. The molecule has 2 amide bonds. The zero-order chi connectivity index (χ0) is 28.7. The van der Waals surface area contributed by atoms with Crippen molar-refractivity contribution in [1.82, 2.24) is 25.3 Å². The number of likely N-dealkylation sites (tertiary alicyclic amines) is 1. The zero-order valence-electron chi connectivity index (χ0n) is 21.9. The third-order valence-corrected chi connectivity index (χ3v) is 7.51. The summed E-state index contributed by atoms with van der Waals surface area (Å²) < 4.78 is 42.0. The lowest BCUT2D eigenvalue weighted by Gasteiger charge is -2.25. The number of rotatable bonds is 12. The first-order valence-electron chi connectivity index (χ1n) is 13.0. The van der Waals surface area contributed by atoms with Gasteiger partial charge in [-0.05, 0) is 62.2 Å². The van der Waals surface area contributed by atoms with Crippen molar-refractivity contribution in [2.45, 2.75) is 51.3 Å². The molecule has 0 saturated carbocycles. The molecule has 1 fully saturated rings. The highest BCUT2D eigenvalue weighted by atomic mass is 32.1. The Morgan fingerprint density at radius 3 is 2.52 bits per heavy atom. The second-order valence-corrected chi connectivity index (χ2v) is 10.4. The highest BCUT2D eigenvalue weighted by Crippen LogP contribution is 2.31. The van der Waals surface area contributed by atoms with Crippen molar-refractivity contribution in [2.75, 3.05) is 31.1 Å². The van der Waals surface area contributed by atoms with Crippen LogP contribution in [-0.2, 0) is 11.2 Å². The van der Waals surface area contributed by atoms with Crippen LogP contribution in [-0.4, -0.2) is 69.7 Å². The van der Waals surface area contributed by atoms with Crippen LogP contribution in [0, 0.1) is 0 Å². The van der Waals surface area contributed by atoms with E-state index in [-0.39, 0.29) is 29.0 Å². The summed E-state index contributed by atoms with van der Waals surface area (Å²) in [6, 6.07) is 8.85. The van der Waals surface area contributed by atoms with Gasteiger partial charge < -0.3 is 15.4 Å². The van der Waals surface area contributed by atoms with E-state index in [2.05, 4.69) is 30.0 Å². The van der Waals surface area contributed by atoms with E-state index in [1.165, 1.54) is 23.1 Å². The summed E-state index contributed by atoms with van der Waals surface area (Å²) in [7, 11) is 0. The Hall–Kier alpha value is -3.65. The molecule has 0 bridgehead atoms. The molecule has 1 aromatic carbocycles. The van der Waals surface area contributed by atoms with Crippen LogP contribution in [0.1, 0.15) is 64.6 Å². The first-order chi connectivity index (χ1) is 19.1. The second kappa shape index (κ2) is 13.1. The number of amides is 2. The molecule has 3 heterocycles. The number of carbonyl (C=O) groups excluding carboxylic acids is 2. The number of primary amides is 1. The number of benzene rings is 1. The van der Waals surface area contributed by atoms with Gasteiger partial charge in [-0.2, -0.15) is 5.10 Å². The number of aromatic nitrogens is 4. The monoisotopic (exact) mass is 577 g/mol. The van der Waals surface area contributed by atoms with Crippen molar-refractivity contribution >= 4 is 29.0 Å². The molecule has 0 radical (unpaired) electrons. The maximum atomic E-state index is 13.4. The SMILES string of the molecule is CCCC(c1ccc(N(CCN2CCCC2)C(=O)Cc2cccc(OC(F)(F)F)c2)nn1)c1nnc(C(N)=O)s1. The largest absolute Gasteiger partial charge is 0.573 e. The van der Waals surface area contributed by atoms with Crippen LogP contribution in [0.2, 0.25) is 0 Å². The number of halogens is 3.